The summed E-state index contributed by atoms with van der Waals surface area (Å²) < 4.78 is 42.1. The zero-order valence-electron chi connectivity index (χ0n) is 37.5. The minimum Gasteiger partial charge on any atom is -0.394 e. The maximum atomic E-state index is 12.1. The molecule has 0 unspecified atom stereocenters. The summed E-state index contributed by atoms with van der Waals surface area (Å²) in [5.41, 5.74) is -0.200. The number of aliphatic hydroxyl groups is 11. The largest absolute Gasteiger partial charge is 0.394 e. The van der Waals surface area contributed by atoms with Crippen LogP contribution in [0.25, 0.3) is 0 Å². The molecule has 364 valence electrons. The normalized spacial score (nSPS) is 57.5. The highest BCUT2D eigenvalue weighted by atomic mass is 16.8. The van der Waals surface area contributed by atoms with Crippen molar-refractivity contribution in [1.82, 2.24) is 0 Å². The number of aliphatic hydroxyl groups excluding tert-OH is 10. The molecule has 18 heteroatoms. The molecule has 8 rings (SSSR count). The van der Waals surface area contributed by atoms with Gasteiger partial charge in [-0.05, 0) is 112 Å². The second kappa shape index (κ2) is 18.3. The summed E-state index contributed by atoms with van der Waals surface area (Å²) in [6.07, 6.45) is -14.7. The second-order valence-electron chi connectivity index (χ2n) is 21.6. The SMILES string of the molecule is C[C@H](CC[C@@]1(O)O[C@H]2C[C@H]3[C@@H]4CC[C@H]5C[C@@H](O[C@@H]6O[C@H](C)[C@@H](O)[C@H](O)[C@H]6O[C@@H]6O[C@@H](C)[C@H](O)[C@@H](O)[C@H]6O)[C@H](O)C[C@]5(C)[C@H]4CC[C@]3(C)[C@H]2[C@@H]1C)CO[C@@H]1O[C@H](CO)[C@@H](O)[C@H](O)[C@H]1O. The Kier molecular flexibility index (Phi) is 14.2. The van der Waals surface area contributed by atoms with Crippen LogP contribution in [0.1, 0.15) is 99.3 Å². The quantitative estimate of drug-likeness (QED) is 0.114. The van der Waals surface area contributed by atoms with Gasteiger partial charge in [0.25, 0.3) is 0 Å². The molecule has 4 saturated carbocycles. The fourth-order valence-electron chi connectivity index (χ4n) is 14.1. The first-order chi connectivity index (χ1) is 29.6. The number of hydrogen-bond acceptors (Lipinski definition) is 18. The van der Waals surface area contributed by atoms with E-state index < -0.39 is 117 Å². The van der Waals surface area contributed by atoms with E-state index in [1.165, 1.54) is 6.92 Å². The van der Waals surface area contributed by atoms with Gasteiger partial charge < -0.3 is 89.3 Å². The van der Waals surface area contributed by atoms with Crippen molar-refractivity contribution in [1.29, 1.82) is 0 Å². The van der Waals surface area contributed by atoms with Crippen molar-refractivity contribution < 1.29 is 89.3 Å². The number of rotatable bonds is 11. The highest BCUT2D eigenvalue weighted by Gasteiger charge is 2.69. The van der Waals surface area contributed by atoms with Crippen LogP contribution in [0.5, 0.6) is 0 Å². The number of hydrogen-bond donors (Lipinski definition) is 11. The van der Waals surface area contributed by atoms with Gasteiger partial charge in [0.2, 0.25) is 0 Å². The predicted molar refractivity (Wildman–Crippen MR) is 218 cm³/mol. The molecule has 8 aliphatic rings. The maximum absolute atomic E-state index is 12.1. The van der Waals surface area contributed by atoms with Crippen LogP contribution >= 0.6 is 0 Å². The molecular formula is C45H76O18. The van der Waals surface area contributed by atoms with Gasteiger partial charge in [-0.25, -0.2) is 0 Å². The van der Waals surface area contributed by atoms with Crippen LogP contribution in [-0.4, -0.2) is 186 Å². The van der Waals surface area contributed by atoms with Gasteiger partial charge in [0.15, 0.2) is 24.7 Å². The fraction of sp³-hybridized carbons (Fsp3) is 1.00. The van der Waals surface area contributed by atoms with E-state index in [0.717, 1.165) is 32.1 Å². The molecule has 0 radical (unpaired) electrons. The first-order valence-corrected chi connectivity index (χ1v) is 23.7. The van der Waals surface area contributed by atoms with Gasteiger partial charge >= 0.3 is 0 Å². The average molecular weight is 905 g/mol. The maximum Gasteiger partial charge on any atom is 0.187 e. The molecule has 0 bridgehead atoms. The van der Waals surface area contributed by atoms with E-state index in [4.69, 9.17) is 33.2 Å². The summed E-state index contributed by atoms with van der Waals surface area (Å²) in [7, 11) is 0. The molecule has 18 nitrogen and oxygen atoms in total. The third-order valence-corrected chi connectivity index (χ3v) is 17.9. The minimum absolute atomic E-state index is 0.0351. The summed E-state index contributed by atoms with van der Waals surface area (Å²) in [6.45, 7) is 11.5. The summed E-state index contributed by atoms with van der Waals surface area (Å²) in [6, 6.07) is 0. The summed E-state index contributed by atoms with van der Waals surface area (Å²) in [5, 5.41) is 117. The Balaban J connectivity index is 0.877. The van der Waals surface area contributed by atoms with Gasteiger partial charge in [-0.2, -0.15) is 0 Å². The van der Waals surface area contributed by atoms with Crippen molar-refractivity contribution in [2.75, 3.05) is 13.2 Å². The van der Waals surface area contributed by atoms with Gasteiger partial charge in [-0.3, -0.25) is 0 Å². The lowest BCUT2D eigenvalue weighted by atomic mass is 9.44. The topological polar surface area (TPSA) is 287 Å². The molecule has 4 aliphatic heterocycles. The Bertz CT molecular complexity index is 1560. The van der Waals surface area contributed by atoms with Crippen LogP contribution in [0.2, 0.25) is 0 Å². The zero-order valence-corrected chi connectivity index (χ0v) is 37.5. The Morgan fingerprint density at radius 3 is 2.03 bits per heavy atom. The van der Waals surface area contributed by atoms with Crippen molar-refractivity contribution in [2.24, 2.45) is 52.3 Å². The molecule has 28 atom stereocenters. The van der Waals surface area contributed by atoms with Gasteiger partial charge in [0.05, 0.1) is 43.7 Å². The Hall–Kier alpha value is -0.720. The molecular weight excluding hydrogens is 828 g/mol. The standard InChI is InChI=1S/C45H76O18/c1-18(17-57-40-37(54)35(52)33(50)29(16-46)61-40)9-12-45(56)19(2)30-28(63-45)14-25-23-8-7-22-13-27(26(47)15-44(22,6)24(23)10-11-43(25,30)5)60-42-39(36(53)32(49)21(4)59-42)62-41-38(55)34(51)31(48)20(3)58-41/h18-42,46-56H,7-17H2,1-6H3/t18-,19+,20+,21-,22+,23-,24+,25+,26-,27-,28+,29-,30+,31+,32-,33-,34-,35+,36+,37-,38-,39-,40-,41+,42+,43+,44+,45-/m1/s1. The lowest BCUT2D eigenvalue weighted by Gasteiger charge is -2.62. The van der Waals surface area contributed by atoms with Gasteiger partial charge in [-0.15, -0.1) is 0 Å². The number of fused-ring (bicyclic) bond motifs is 7. The van der Waals surface area contributed by atoms with Crippen molar-refractivity contribution in [3.8, 4) is 0 Å². The van der Waals surface area contributed by atoms with Gasteiger partial charge in [0, 0.05) is 12.3 Å². The van der Waals surface area contributed by atoms with E-state index >= 15 is 0 Å². The van der Waals surface area contributed by atoms with Crippen LogP contribution < -0.4 is 0 Å². The van der Waals surface area contributed by atoms with E-state index in [1.807, 2.05) is 6.92 Å². The zero-order chi connectivity index (χ0) is 45.7. The smallest absolute Gasteiger partial charge is 0.187 e. The van der Waals surface area contributed by atoms with Gasteiger partial charge in [0.1, 0.15) is 61.0 Å². The Morgan fingerprint density at radius 2 is 1.33 bits per heavy atom. The Labute approximate surface area is 369 Å². The van der Waals surface area contributed by atoms with Gasteiger partial charge in [-0.1, -0.05) is 27.7 Å². The van der Waals surface area contributed by atoms with E-state index in [2.05, 4.69) is 20.8 Å². The minimum atomic E-state index is -1.65. The highest BCUT2D eigenvalue weighted by molar-refractivity contribution is 5.15. The molecule has 0 amide bonds. The summed E-state index contributed by atoms with van der Waals surface area (Å²) >= 11 is 0. The van der Waals surface area contributed by atoms with E-state index in [-0.39, 0.29) is 47.2 Å². The molecule has 63 heavy (non-hydrogen) atoms. The number of ether oxygens (including phenoxy) is 7. The van der Waals surface area contributed by atoms with E-state index in [9.17, 15) is 56.2 Å². The molecule has 0 aromatic heterocycles. The highest BCUT2D eigenvalue weighted by Crippen LogP contribution is 2.71. The first-order valence-electron chi connectivity index (χ1n) is 23.7. The molecule has 8 fully saturated rings. The first kappa shape index (κ1) is 48.7. The fourth-order valence-corrected chi connectivity index (χ4v) is 14.1. The van der Waals surface area contributed by atoms with Crippen molar-refractivity contribution in [3.05, 3.63) is 0 Å². The summed E-state index contributed by atoms with van der Waals surface area (Å²) in [5.74, 6) is 0.127. The molecule has 4 heterocycles. The molecule has 4 saturated heterocycles. The van der Waals surface area contributed by atoms with Crippen LogP contribution in [-0.2, 0) is 33.2 Å². The molecule has 0 aromatic carbocycles. The third-order valence-electron chi connectivity index (χ3n) is 17.9. The van der Waals surface area contributed by atoms with Crippen molar-refractivity contribution >= 4 is 0 Å². The second-order valence-corrected chi connectivity index (χ2v) is 21.6. The summed E-state index contributed by atoms with van der Waals surface area (Å²) in [4.78, 5) is 0. The monoisotopic (exact) mass is 905 g/mol. The molecule has 11 N–H and O–H groups in total. The average Bonchev–Trinajstić information content (AvgIpc) is 3.68. The van der Waals surface area contributed by atoms with Crippen LogP contribution in [0.4, 0.5) is 0 Å². The van der Waals surface area contributed by atoms with E-state index in [1.54, 1.807) is 6.92 Å². The Morgan fingerprint density at radius 1 is 0.683 bits per heavy atom. The lowest BCUT2D eigenvalue weighted by Crippen LogP contribution is -2.64. The van der Waals surface area contributed by atoms with Crippen LogP contribution in [0.15, 0.2) is 0 Å². The van der Waals surface area contributed by atoms with Crippen LogP contribution in [0.3, 0.4) is 0 Å². The van der Waals surface area contributed by atoms with Crippen molar-refractivity contribution in [3.63, 3.8) is 0 Å². The van der Waals surface area contributed by atoms with Crippen LogP contribution in [0, 0.1) is 52.3 Å². The molecule has 0 spiro atoms. The molecule has 4 aliphatic carbocycles. The van der Waals surface area contributed by atoms with Crippen molar-refractivity contribution in [2.45, 2.75) is 216 Å². The lowest BCUT2D eigenvalue weighted by molar-refractivity contribution is -0.371. The third kappa shape index (κ3) is 8.49. The predicted octanol–water partition coefficient (Wildman–Crippen LogP) is -0.753. The van der Waals surface area contributed by atoms with E-state index in [0.29, 0.717) is 43.4 Å². The molecule has 0 aromatic rings.